The first-order valence-electron chi connectivity index (χ1n) is 13.5. The van der Waals surface area contributed by atoms with E-state index in [0.717, 1.165) is 38.9 Å². The van der Waals surface area contributed by atoms with Crippen LogP contribution in [0.5, 0.6) is 0 Å². The molecule has 0 bridgehead atoms. The molecule has 7 aromatic rings. The Kier molecular flexibility index (Phi) is 4.60. The third-order valence-electron chi connectivity index (χ3n) is 8.48. The molecular weight excluding hydrogens is 472 g/mol. The first-order valence-corrected chi connectivity index (χ1v) is 13.5. The highest BCUT2D eigenvalue weighted by Crippen LogP contribution is 2.51. The summed E-state index contributed by atoms with van der Waals surface area (Å²) in [5, 5.41) is 5.84. The average molecular weight is 499 g/mol. The quantitative estimate of drug-likeness (QED) is 0.222. The second-order valence-electron chi connectivity index (χ2n) is 11.0. The lowest BCUT2D eigenvalue weighted by molar-refractivity contribution is 0.661. The van der Waals surface area contributed by atoms with Crippen LogP contribution < -0.4 is 0 Å². The molecule has 0 atom stereocenters. The highest BCUT2D eigenvalue weighted by molar-refractivity contribution is 6.11. The molecule has 1 aromatic heterocycles. The zero-order valence-electron chi connectivity index (χ0n) is 21.9. The molecule has 2 nitrogen and oxygen atoms in total. The second-order valence-corrected chi connectivity index (χ2v) is 11.0. The van der Waals surface area contributed by atoms with Gasteiger partial charge >= 0.3 is 0 Å². The lowest BCUT2D eigenvalue weighted by Gasteiger charge is -2.21. The number of fused-ring (bicyclic) bond motifs is 8. The van der Waals surface area contributed by atoms with Crippen LogP contribution in [0.15, 0.2) is 121 Å². The molecule has 0 saturated carbocycles. The molecule has 0 amide bonds. The van der Waals surface area contributed by atoms with Crippen LogP contribution in [0.1, 0.15) is 25.0 Å². The number of rotatable bonds is 2. The minimum Gasteiger partial charge on any atom is -0.227 e. The predicted molar refractivity (Wildman–Crippen MR) is 163 cm³/mol. The number of nitrogens with zero attached hydrogens (tertiary/aromatic N) is 2. The SMILES string of the molecule is CC1(C)c2ccccc2-c2c1ccc1c(-c3nc(-c4ccccc4)c4ccc5ccccc5c4n3)cccc21. The van der Waals surface area contributed by atoms with Gasteiger partial charge in [0.05, 0.1) is 11.2 Å². The van der Waals surface area contributed by atoms with Crippen LogP contribution in [0.25, 0.3) is 66.2 Å². The number of benzene rings is 6. The lowest BCUT2D eigenvalue weighted by Crippen LogP contribution is -2.14. The number of hydrogen-bond acceptors (Lipinski definition) is 2. The van der Waals surface area contributed by atoms with Crippen molar-refractivity contribution in [3.63, 3.8) is 0 Å². The molecule has 0 unspecified atom stereocenters. The normalized spacial score (nSPS) is 13.6. The Bertz CT molecular complexity index is 2090. The molecule has 0 aliphatic heterocycles. The second kappa shape index (κ2) is 8.09. The van der Waals surface area contributed by atoms with Gasteiger partial charge in [-0.15, -0.1) is 0 Å². The Balaban J connectivity index is 1.46. The van der Waals surface area contributed by atoms with Crippen molar-refractivity contribution < 1.29 is 0 Å². The summed E-state index contributed by atoms with van der Waals surface area (Å²) in [6, 6.07) is 43.3. The molecule has 0 fully saturated rings. The van der Waals surface area contributed by atoms with Crippen LogP contribution in [0, 0.1) is 0 Å². The van der Waals surface area contributed by atoms with E-state index in [2.05, 4.69) is 129 Å². The Morgan fingerprint density at radius 2 is 1.21 bits per heavy atom. The van der Waals surface area contributed by atoms with Crippen molar-refractivity contribution in [2.45, 2.75) is 19.3 Å². The molecule has 0 N–H and O–H groups in total. The minimum absolute atomic E-state index is 0.0328. The molecule has 1 heterocycles. The van der Waals surface area contributed by atoms with Crippen LogP contribution in [0.4, 0.5) is 0 Å². The monoisotopic (exact) mass is 498 g/mol. The van der Waals surface area contributed by atoms with Gasteiger partial charge in [-0.25, -0.2) is 9.97 Å². The van der Waals surface area contributed by atoms with Gasteiger partial charge in [0.15, 0.2) is 5.82 Å². The van der Waals surface area contributed by atoms with Crippen molar-refractivity contribution in [2.24, 2.45) is 0 Å². The fraction of sp³-hybridized carbons (Fsp3) is 0.0811. The molecular formula is C37H26N2. The van der Waals surface area contributed by atoms with E-state index in [0.29, 0.717) is 0 Å². The van der Waals surface area contributed by atoms with Crippen LogP contribution in [-0.2, 0) is 5.41 Å². The van der Waals surface area contributed by atoms with Gasteiger partial charge in [-0.3, -0.25) is 0 Å². The predicted octanol–water partition coefficient (Wildman–Crippen LogP) is 9.58. The van der Waals surface area contributed by atoms with Crippen LogP contribution in [-0.4, -0.2) is 9.97 Å². The summed E-state index contributed by atoms with van der Waals surface area (Å²) in [5.74, 6) is 0.758. The van der Waals surface area contributed by atoms with Crippen LogP contribution >= 0.6 is 0 Å². The van der Waals surface area contributed by atoms with E-state index in [1.54, 1.807) is 0 Å². The first kappa shape index (κ1) is 22.2. The standard InChI is InChI=1S/C37H26N2/c1-37(2)31-18-9-8-15-29(31)33-27-16-10-17-28(26(27)21-22-32(33)37)36-38-34(24-12-4-3-5-13-24)30-20-19-23-11-6-7-14-25(23)35(30)39-36/h3-22H,1-2H3. The lowest BCUT2D eigenvalue weighted by atomic mass is 9.82. The topological polar surface area (TPSA) is 25.8 Å². The molecule has 2 heteroatoms. The smallest absolute Gasteiger partial charge is 0.161 e. The Labute approximate surface area is 227 Å². The zero-order chi connectivity index (χ0) is 26.1. The fourth-order valence-corrected chi connectivity index (χ4v) is 6.56. The summed E-state index contributed by atoms with van der Waals surface area (Å²) < 4.78 is 0. The van der Waals surface area contributed by atoms with E-state index in [4.69, 9.17) is 9.97 Å². The maximum Gasteiger partial charge on any atom is 0.161 e. The molecule has 0 saturated heterocycles. The van der Waals surface area contributed by atoms with Gasteiger partial charge in [-0.2, -0.15) is 0 Å². The molecule has 1 aliphatic carbocycles. The summed E-state index contributed by atoms with van der Waals surface area (Å²) in [6.07, 6.45) is 0. The average Bonchev–Trinajstić information content (AvgIpc) is 3.23. The van der Waals surface area contributed by atoms with Gasteiger partial charge in [0.25, 0.3) is 0 Å². The Morgan fingerprint density at radius 3 is 2.10 bits per heavy atom. The number of hydrogen-bond donors (Lipinski definition) is 0. The van der Waals surface area contributed by atoms with Crippen molar-refractivity contribution in [3.8, 4) is 33.8 Å². The largest absolute Gasteiger partial charge is 0.227 e. The number of aromatic nitrogens is 2. The van der Waals surface area contributed by atoms with Crippen LogP contribution in [0.2, 0.25) is 0 Å². The summed E-state index contributed by atoms with van der Waals surface area (Å²) in [7, 11) is 0. The van der Waals surface area contributed by atoms with E-state index in [-0.39, 0.29) is 5.41 Å². The van der Waals surface area contributed by atoms with E-state index < -0.39 is 0 Å². The van der Waals surface area contributed by atoms with Gasteiger partial charge < -0.3 is 0 Å². The third-order valence-corrected chi connectivity index (χ3v) is 8.48. The molecule has 39 heavy (non-hydrogen) atoms. The highest BCUT2D eigenvalue weighted by atomic mass is 14.9. The van der Waals surface area contributed by atoms with Crippen molar-refractivity contribution in [3.05, 3.63) is 132 Å². The van der Waals surface area contributed by atoms with Crippen LogP contribution in [0.3, 0.4) is 0 Å². The van der Waals surface area contributed by atoms with Crippen molar-refractivity contribution >= 4 is 32.4 Å². The fourth-order valence-electron chi connectivity index (χ4n) is 6.56. The molecule has 8 rings (SSSR count). The molecule has 6 aromatic carbocycles. The highest BCUT2D eigenvalue weighted by Gasteiger charge is 2.36. The minimum atomic E-state index is -0.0328. The van der Waals surface area contributed by atoms with Gasteiger partial charge in [0.2, 0.25) is 0 Å². The van der Waals surface area contributed by atoms with Gasteiger partial charge in [0.1, 0.15) is 0 Å². The molecule has 0 radical (unpaired) electrons. The molecule has 0 spiro atoms. The molecule has 184 valence electrons. The first-order chi connectivity index (χ1) is 19.1. The van der Waals surface area contributed by atoms with Crippen molar-refractivity contribution in [1.82, 2.24) is 9.97 Å². The van der Waals surface area contributed by atoms with Gasteiger partial charge in [0, 0.05) is 27.3 Å². The summed E-state index contributed by atoms with van der Waals surface area (Å²) in [4.78, 5) is 10.5. The maximum absolute atomic E-state index is 5.27. The summed E-state index contributed by atoms with van der Waals surface area (Å²) in [6.45, 7) is 4.66. The van der Waals surface area contributed by atoms with Crippen molar-refractivity contribution in [1.29, 1.82) is 0 Å². The third kappa shape index (κ3) is 3.15. The molecule has 1 aliphatic rings. The van der Waals surface area contributed by atoms with E-state index in [1.807, 2.05) is 6.07 Å². The van der Waals surface area contributed by atoms with E-state index >= 15 is 0 Å². The van der Waals surface area contributed by atoms with Gasteiger partial charge in [-0.1, -0.05) is 129 Å². The summed E-state index contributed by atoms with van der Waals surface area (Å²) in [5.41, 5.74) is 9.51. The van der Waals surface area contributed by atoms with Gasteiger partial charge in [-0.05, 0) is 44.5 Å². The van der Waals surface area contributed by atoms with E-state index in [9.17, 15) is 0 Å². The zero-order valence-corrected chi connectivity index (χ0v) is 21.9. The Hall–Kier alpha value is -4.82. The maximum atomic E-state index is 5.27. The van der Waals surface area contributed by atoms with E-state index in [1.165, 1.54) is 38.4 Å². The Morgan fingerprint density at radius 1 is 0.487 bits per heavy atom. The van der Waals surface area contributed by atoms with Crippen molar-refractivity contribution in [2.75, 3.05) is 0 Å². The summed E-state index contributed by atoms with van der Waals surface area (Å²) >= 11 is 0.